The maximum atomic E-state index is 12.6. The zero-order valence-corrected chi connectivity index (χ0v) is 18.3. The first-order valence-electron chi connectivity index (χ1n) is 10.1. The van der Waals surface area contributed by atoms with Crippen molar-refractivity contribution in [3.8, 4) is 17.2 Å². The Morgan fingerprint density at radius 3 is 2.75 bits per heavy atom. The lowest BCUT2D eigenvalue weighted by Crippen LogP contribution is -2.28. The van der Waals surface area contributed by atoms with Crippen LogP contribution in [0.1, 0.15) is 12.8 Å². The molecule has 0 saturated carbocycles. The number of hydrogen-bond acceptors (Lipinski definition) is 7. The van der Waals surface area contributed by atoms with E-state index in [-0.39, 0.29) is 23.8 Å². The highest BCUT2D eigenvalue weighted by Gasteiger charge is 2.19. The fraction of sp³-hybridized carbons (Fsp3) is 0.273. The van der Waals surface area contributed by atoms with Crippen molar-refractivity contribution in [1.82, 2.24) is 9.71 Å². The Balaban J connectivity index is 1.39. The predicted octanol–water partition coefficient (Wildman–Crippen LogP) is 2.71. The van der Waals surface area contributed by atoms with Gasteiger partial charge in [-0.05, 0) is 36.4 Å². The van der Waals surface area contributed by atoms with Crippen LogP contribution in [-0.2, 0) is 14.8 Å². The van der Waals surface area contributed by atoms with Gasteiger partial charge in [-0.15, -0.1) is 0 Å². The number of anilines is 1. The van der Waals surface area contributed by atoms with E-state index in [1.807, 2.05) is 6.07 Å². The van der Waals surface area contributed by atoms with Gasteiger partial charge in [0.05, 0.1) is 30.9 Å². The van der Waals surface area contributed by atoms with Crippen molar-refractivity contribution in [2.24, 2.45) is 0 Å². The Kier molecular flexibility index (Phi) is 6.42. The molecule has 1 amide bonds. The minimum atomic E-state index is -3.81. The van der Waals surface area contributed by atoms with Crippen LogP contribution in [0.15, 0.2) is 53.6 Å². The molecule has 0 radical (unpaired) electrons. The molecule has 0 fully saturated rings. The normalized spacial score (nSPS) is 13.4. The van der Waals surface area contributed by atoms with Crippen LogP contribution < -0.4 is 24.2 Å². The summed E-state index contributed by atoms with van der Waals surface area (Å²) in [5.41, 5.74) is 1.20. The van der Waals surface area contributed by atoms with Gasteiger partial charge in [-0.3, -0.25) is 9.78 Å². The van der Waals surface area contributed by atoms with Crippen LogP contribution in [0.5, 0.6) is 17.2 Å². The molecule has 0 spiro atoms. The van der Waals surface area contributed by atoms with E-state index in [9.17, 15) is 13.2 Å². The zero-order valence-electron chi connectivity index (χ0n) is 17.5. The molecule has 0 unspecified atom stereocenters. The third-order valence-electron chi connectivity index (χ3n) is 4.90. The smallest absolute Gasteiger partial charge is 0.240 e. The van der Waals surface area contributed by atoms with Crippen LogP contribution in [0.4, 0.5) is 5.69 Å². The van der Waals surface area contributed by atoms with Gasteiger partial charge in [0.1, 0.15) is 11.3 Å². The van der Waals surface area contributed by atoms with Crippen LogP contribution in [0.25, 0.3) is 10.9 Å². The molecule has 2 N–H and O–H groups in total. The molecule has 32 heavy (non-hydrogen) atoms. The molecule has 2 aromatic carbocycles. The van der Waals surface area contributed by atoms with Gasteiger partial charge in [0.25, 0.3) is 0 Å². The molecule has 1 aliphatic rings. The lowest BCUT2D eigenvalue weighted by molar-refractivity contribution is -0.116. The van der Waals surface area contributed by atoms with E-state index in [0.29, 0.717) is 41.7 Å². The summed E-state index contributed by atoms with van der Waals surface area (Å²) in [4.78, 5) is 16.8. The van der Waals surface area contributed by atoms with E-state index in [4.69, 9.17) is 14.2 Å². The summed E-state index contributed by atoms with van der Waals surface area (Å²) in [6, 6.07) is 11.5. The van der Waals surface area contributed by atoms with E-state index >= 15 is 0 Å². The van der Waals surface area contributed by atoms with Gasteiger partial charge in [0.2, 0.25) is 15.9 Å². The number of sulfonamides is 1. The van der Waals surface area contributed by atoms with E-state index in [1.165, 1.54) is 12.1 Å². The molecule has 3 aromatic rings. The van der Waals surface area contributed by atoms with Crippen molar-refractivity contribution in [1.29, 1.82) is 0 Å². The van der Waals surface area contributed by atoms with Gasteiger partial charge in [-0.2, -0.15) is 0 Å². The standard InChI is InChI=1S/C22H23N3O6S/c1-29-19-8-6-17(16-4-2-10-23-22(16)19)25-21(26)9-11-24-32(27,28)15-5-7-18-20(14-15)31-13-3-12-30-18/h2,4-8,10,14,24H,3,9,11-13H2,1H3,(H,25,26). The third-order valence-corrected chi connectivity index (χ3v) is 6.36. The lowest BCUT2D eigenvalue weighted by Gasteiger charge is -2.12. The number of amides is 1. The van der Waals surface area contributed by atoms with Gasteiger partial charge >= 0.3 is 0 Å². The predicted molar refractivity (Wildman–Crippen MR) is 119 cm³/mol. The number of hydrogen-bond donors (Lipinski definition) is 2. The Bertz CT molecular complexity index is 1250. The highest BCUT2D eigenvalue weighted by molar-refractivity contribution is 7.89. The minimum Gasteiger partial charge on any atom is -0.494 e. The van der Waals surface area contributed by atoms with Crippen LogP contribution >= 0.6 is 0 Å². The molecule has 0 saturated heterocycles. The molecule has 10 heteroatoms. The topological polar surface area (TPSA) is 116 Å². The molecule has 0 bridgehead atoms. The summed E-state index contributed by atoms with van der Waals surface area (Å²) in [5, 5.41) is 3.53. The van der Waals surface area contributed by atoms with Crippen LogP contribution in [0.2, 0.25) is 0 Å². The molecule has 9 nitrogen and oxygen atoms in total. The number of carbonyl (C=O) groups is 1. The second kappa shape index (κ2) is 9.41. The highest BCUT2D eigenvalue weighted by Crippen LogP contribution is 2.32. The van der Waals surface area contributed by atoms with Crippen molar-refractivity contribution >= 4 is 32.5 Å². The number of fused-ring (bicyclic) bond motifs is 2. The van der Waals surface area contributed by atoms with Gasteiger partial charge < -0.3 is 19.5 Å². The molecule has 2 heterocycles. The van der Waals surface area contributed by atoms with Gasteiger partial charge in [-0.25, -0.2) is 13.1 Å². The van der Waals surface area contributed by atoms with Crippen LogP contribution in [0.3, 0.4) is 0 Å². The molecular formula is C22H23N3O6S. The van der Waals surface area contributed by atoms with Gasteiger partial charge in [0.15, 0.2) is 11.5 Å². The zero-order chi connectivity index (χ0) is 22.6. The number of aromatic nitrogens is 1. The second-order valence-corrected chi connectivity index (χ2v) is 8.84. The number of carbonyl (C=O) groups excluding carboxylic acids is 1. The van der Waals surface area contributed by atoms with Crippen molar-refractivity contribution < 1.29 is 27.4 Å². The largest absolute Gasteiger partial charge is 0.494 e. The van der Waals surface area contributed by atoms with Crippen molar-refractivity contribution in [2.75, 3.05) is 32.2 Å². The molecule has 168 valence electrons. The number of pyridine rings is 1. The third kappa shape index (κ3) is 4.76. The van der Waals surface area contributed by atoms with E-state index in [2.05, 4.69) is 15.0 Å². The summed E-state index contributed by atoms with van der Waals surface area (Å²) < 4.78 is 44.1. The number of nitrogens with one attached hydrogen (secondary N) is 2. The summed E-state index contributed by atoms with van der Waals surface area (Å²) in [7, 11) is -2.26. The van der Waals surface area contributed by atoms with Crippen LogP contribution in [-0.4, -0.2) is 46.2 Å². The molecule has 4 rings (SSSR count). The minimum absolute atomic E-state index is 0.0441. The first-order valence-corrected chi connectivity index (χ1v) is 11.6. The number of nitrogens with zero attached hydrogens (tertiary/aromatic N) is 1. The first kappa shape index (κ1) is 21.8. The summed E-state index contributed by atoms with van der Waals surface area (Å²) in [5.74, 6) is 1.17. The van der Waals surface area contributed by atoms with Crippen molar-refractivity contribution in [2.45, 2.75) is 17.7 Å². The fourth-order valence-electron chi connectivity index (χ4n) is 3.33. The molecule has 0 atom stereocenters. The number of methoxy groups -OCH3 is 1. The van der Waals surface area contributed by atoms with Crippen molar-refractivity contribution in [3.63, 3.8) is 0 Å². The Morgan fingerprint density at radius 2 is 1.94 bits per heavy atom. The SMILES string of the molecule is COc1ccc(NC(=O)CCNS(=O)(=O)c2ccc3c(c2)OCCCO3)c2cccnc12. The number of benzene rings is 2. The second-order valence-electron chi connectivity index (χ2n) is 7.07. The fourth-order valence-corrected chi connectivity index (χ4v) is 4.37. The average molecular weight is 458 g/mol. The quantitative estimate of drug-likeness (QED) is 0.560. The van der Waals surface area contributed by atoms with Gasteiger partial charge in [0, 0.05) is 37.0 Å². The Morgan fingerprint density at radius 1 is 1.12 bits per heavy atom. The summed E-state index contributed by atoms with van der Waals surface area (Å²) in [6.45, 7) is 0.917. The molecule has 1 aliphatic heterocycles. The maximum absolute atomic E-state index is 12.6. The van der Waals surface area contributed by atoms with E-state index in [0.717, 1.165) is 11.8 Å². The molecule has 1 aromatic heterocycles. The highest BCUT2D eigenvalue weighted by atomic mass is 32.2. The van der Waals surface area contributed by atoms with Crippen molar-refractivity contribution in [3.05, 3.63) is 48.7 Å². The van der Waals surface area contributed by atoms with Crippen LogP contribution in [0, 0.1) is 0 Å². The molecular weight excluding hydrogens is 434 g/mol. The van der Waals surface area contributed by atoms with Gasteiger partial charge in [-0.1, -0.05) is 0 Å². The Hall–Kier alpha value is -3.37. The monoisotopic (exact) mass is 457 g/mol. The molecule has 0 aliphatic carbocycles. The Labute approximate surface area is 185 Å². The number of rotatable bonds is 7. The van der Waals surface area contributed by atoms with E-state index in [1.54, 1.807) is 37.6 Å². The summed E-state index contributed by atoms with van der Waals surface area (Å²) in [6.07, 6.45) is 2.33. The summed E-state index contributed by atoms with van der Waals surface area (Å²) >= 11 is 0. The average Bonchev–Trinajstić information content (AvgIpc) is 3.04. The lowest BCUT2D eigenvalue weighted by atomic mass is 10.1. The van der Waals surface area contributed by atoms with E-state index < -0.39 is 10.0 Å². The maximum Gasteiger partial charge on any atom is 0.240 e. The number of ether oxygens (including phenoxy) is 3. The first-order chi connectivity index (χ1) is 15.5.